The maximum Gasteiger partial charge on any atom is 0.287 e. The highest BCUT2D eigenvalue weighted by Crippen LogP contribution is 2.33. The van der Waals surface area contributed by atoms with Gasteiger partial charge in [-0.1, -0.05) is 0 Å². The van der Waals surface area contributed by atoms with E-state index >= 15 is 0 Å². The van der Waals surface area contributed by atoms with E-state index in [0.717, 1.165) is 24.5 Å². The van der Waals surface area contributed by atoms with E-state index in [1.165, 1.54) is 31.9 Å². The van der Waals surface area contributed by atoms with Crippen LogP contribution in [-0.4, -0.2) is 35.1 Å². The summed E-state index contributed by atoms with van der Waals surface area (Å²) in [5, 5.41) is 14.3. The second kappa shape index (κ2) is 5.36. The maximum absolute atomic E-state index is 10.8. The number of nitrogens with zero attached hydrogens (tertiary/aromatic N) is 3. The van der Waals surface area contributed by atoms with Gasteiger partial charge < -0.3 is 10.2 Å². The molecular weight excluding hydrogens is 256 g/mol. The predicted octanol–water partition coefficient (Wildman–Crippen LogP) is 2.02. The number of anilines is 1. The largest absolute Gasteiger partial charge is 0.352 e. The summed E-state index contributed by atoms with van der Waals surface area (Å²) < 4.78 is 0. The van der Waals surface area contributed by atoms with Gasteiger partial charge in [-0.15, -0.1) is 0 Å². The van der Waals surface area contributed by atoms with E-state index in [1.807, 2.05) is 6.92 Å². The molecule has 0 amide bonds. The van der Waals surface area contributed by atoms with Crippen LogP contribution in [0.4, 0.5) is 11.5 Å². The van der Waals surface area contributed by atoms with Crippen LogP contribution in [0.1, 0.15) is 31.2 Å². The molecule has 20 heavy (non-hydrogen) atoms. The van der Waals surface area contributed by atoms with Gasteiger partial charge in [-0.25, -0.2) is 4.98 Å². The zero-order chi connectivity index (χ0) is 14.1. The Hall–Kier alpha value is -1.69. The monoisotopic (exact) mass is 276 g/mol. The Kier molecular flexibility index (Phi) is 3.56. The zero-order valence-corrected chi connectivity index (χ0v) is 11.7. The molecule has 0 aromatic carbocycles. The summed E-state index contributed by atoms with van der Waals surface area (Å²) in [6.45, 7) is 3.96. The number of hydrogen-bond donors (Lipinski definition) is 1. The summed E-state index contributed by atoms with van der Waals surface area (Å²) in [4.78, 5) is 17.1. The van der Waals surface area contributed by atoms with Crippen molar-refractivity contribution in [3.63, 3.8) is 0 Å². The molecular formula is C14H20N4O2. The lowest BCUT2D eigenvalue weighted by molar-refractivity contribution is -0.385. The fourth-order valence-corrected chi connectivity index (χ4v) is 2.90. The number of nitrogens with one attached hydrogen (secondary N) is 1. The summed E-state index contributed by atoms with van der Waals surface area (Å²) in [7, 11) is 0. The standard InChI is InChI=1S/C14H20N4O2/c1-10-7-13(18(19)20)8-16-14(10)17(12-4-5-12)9-11-3-2-6-15-11/h7-8,11-12,15H,2-6,9H2,1H3. The Bertz CT molecular complexity index is 510. The molecule has 0 spiro atoms. The lowest BCUT2D eigenvalue weighted by Crippen LogP contribution is -2.39. The fraction of sp³-hybridized carbons (Fsp3) is 0.643. The van der Waals surface area contributed by atoms with Crippen LogP contribution in [0.2, 0.25) is 0 Å². The van der Waals surface area contributed by atoms with E-state index in [1.54, 1.807) is 6.07 Å². The molecule has 1 aliphatic carbocycles. The SMILES string of the molecule is Cc1cc([N+](=O)[O-])cnc1N(CC1CCCN1)C1CC1. The fourth-order valence-electron chi connectivity index (χ4n) is 2.90. The Morgan fingerprint density at radius 3 is 2.85 bits per heavy atom. The number of rotatable bonds is 5. The van der Waals surface area contributed by atoms with Gasteiger partial charge in [0, 0.05) is 24.7 Å². The third-order valence-corrected chi connectivity index (χ3v) is 4.09. The van der Waals surface area contributed by atoms with Gasteiger partial charge in [0.1, 0.15) is 12.0 Å². The first-order chi connectivity index (χ1) is 9.65. The van der Waals surface area contributed by atoms with Crippen molar-refractivity contribution >= 4 is 11.5 Å². The van der Waals surface area contributed by atoms with Crippen molar-refractivity contribution in [2.45, 2.75) is 44.7 Å². The molecule has 2 aliphatic rings. The average molecular weight is 276 g/mol. The van der Waals surface area contributed by atoms with Gasteiger partial charge in [0.05, 0.1) is 4.92 Å². The molecule has 2 heterocycles. The molecule has 108 valence electrons. The predicted molar refractivity (Wildman–Crippen MR) is 77.0 cm³/mol. The minimum absolute atomic E-state index is 0.0704. The van der Waals surface area contributed by atoms with Crippen molar-refractivity contribution in [2.75, 3.05) is 18.0 Å². The van der Waals surface area contributed by atoms with Crippen molar-refractivity contribution in [3.8, 4) is 0 Å². The van der Waals surface area contributed by atoms with Crippen molar-refractivity contribution in [1.82, 2.24) is 10.3 Å². The molecule has 0 radical (unpaired) electrons. The molecule has 3 rings (SSSR count). The first-order valence-corrected chi connectivity index (χ1v) is 7.26. The lowest BCUT2D eigenvalue weighted by Gasteiger charge is -2.28. The molecule has 1 atom stereocenters. The molecule has 1 aromatic heterocycles. The van der Waals surface area contributed by atoms with E-state index in [9.17, 15) is 10.1 Å². The molecule has 2 fully saturated rings. The summed E-state index contributed by atoms with van der Waals surface area (Å²) >= 11 is 0. The van der Waals surface area contributed by atoms with Crippen LogP contribution >= 0.6 is 0 Å². The van der Waals surface area contributed by atoms with Gasteiger partial charge in [0.2, 0.25) is 0 Å². The molecule has 1 aliphatic heterocycles. The Labute approximate surface area is 118 Å². The first kappa shape index (κ1) is 13.3. The Morgan fingerprint density at radius 2 is 2.30 bits per heavy atom. The minimum atomic E-state index is -0.385. The smallest absolute Gasteiger partial charge is 0.287 e. The van der Waals surface area contributed by atoms with Crippen LogP contribution in [-0.2, 0) is 0 Å². The second-order valence-electron chi connectivity index (χ2n) is 5.77. The number of aromatic nitrogens is 1. The van der Waals surface area contributed by atoms with Crippen molar-refractivity contribution < 1.29 is 4.92 Å². The second-order valence-corrected chi connectivity index (χ2v) is 5.77. The number of nitro groups is 1. The number of pyridine rings is 1. The van der Waals surface area contributed by atoms with Crippen LogP contribution in [0.5, 0.6) is 0 Å². The van der Waals surface area contributed by atoms with Gasteiger partial charge in [-0.05, 0) is 44.7 Å². The number of aryl methyl sites for hydroxylation is 1. The van der Waals surface area contributed by atoms with Gasteiger partial charge >= 0.3 is 0 Å². The molecule has 1 unspecified atom stereocenters. The van der Waals surface area contributed by atoms with E-state index in [-0.39, 0.29) is 10.6 Å². The van der Waals surface area contributed by atoms with Crippen molar-refractivity contribution in [3.05, 3.63) is 27.9 Å². The van der Waals surface area contributed by atoms with E-state index < -0.39 is 0 Å². The highest BCUT2D eigenvalue weighted by molar-refractivity contribution is 5.52. The van der Waals surface area contributed by atoms with Gasteiger partial charge in [0.15, 0.2) is 0 Å². The molecule has 1 N–H and O–H groups in total. The zero-order valence-electron chi connectivity index (χ0n) is 11.7. The Balaban J connectivity index is 1.81. The molecule has 0 bridgehead atoms. The summed E-state index contributed by atoms with van der Waals surface area (Å²) in [6.07, 6.45) is 6.21. The highest BCUT2D eigenvalue weighted by Gasteiger charge is 2.33. The van der Waals surface area contributed by atoms with Crippen molar-refractivity contribution in [2.24, 2.45) is 0 Å². The lowest BCUT2D eigenvalue weighted by atomic mass is 10.2. The minimum Gasteiger partial charge on any atom is -0.352 e. The van der Waals surface area contributed by atoms with E-state index in [4.69, 9.17) is 0 Å². The normalized spacial score (nSPS) is 21.9. The van der Waals surface area contributed by atoms with Crippen LogP contribution < -0.4 is 10.2 Å². The number of hydrogen-bond acceptors (Lipinski definition) is 5. The highest BCUT2D eigenvalue weighted by atomic mass is 16.6. The Morgan fingerprint density at radius 1 is 1.50 bits per heavy atom. The third kappa shape index (κ3) is 2.75. The summed E-state index contributed by atoms with van der Waals surface area (Å²) in [5.74, 6) is 0.909. The van der Waals surface area contributed by atoms with Gasteiger partial charge in [-0.3, -0.25) is 10.1 Å². The molecule has 1 saturated heterocycles. The van der Waals surface area contributed by atoms with Crippen LogP contribution in [0.25, 0.3) is 0 Å². The van der Waals surface area contributed by atoms with Crippen LogP contribution in [0, 0.1) is 17.0 Å². The topological polar surface area (TPSA) is 71.3 Å². The van der Waals surface area contributed by atoms with Crippen LogP contribution in [0.3, 0.4) is 0 Å². The molecule has 1 saturated carbocycles. The van der Waals surface area contributed by atoms with E-state index in [0.29, 0.717) is 12.1 Å². The van der Waals surface area contributed by atoms with Crippen LogP contribution in [0.15, 0.2) is 12.3 Å². The third-order valence-electron chi connectivity index (χ3n) is 4.09. The molecule has 1 aromatic rings. The van der Waals surface area contributed by atoms with Gasteiger partial charge in [-0.2, -0.15) is 0 Å². The molecule has 6 nitrogen and oxygen atoms in total. The summed E-state index contributed by atoms with van der Waals surface area (Å²) in [6, 6.07) is 2.71. The van der Waals surface area contributed by atoms with Gasteiger partial charge in [0.25, 0.3) is 5.69 Å². The first-order valence-electron chi connectivity index (χ1n) is 7.26. The maximum atomic E-state index is 10.8. The summed E-state index contributed by atoms with van der Waals surface area (Å²) in [5.41, 5.74) is 0.963. The van der Waals surface area contributed by atoms with E-state index in [2.05, 4.69) is 15.2 Å². The average Bonchev–Trinajstić information content (AvgIpc) is 3.14. The van der Waals surface area contributed by atoms with Crippen molar-refractivity contribution in [1.29, 1.82) is 0 Å². The quantitative estimate of drug-likeness (QED) is 0.658. The molecule has 6 heteroatoms.